The lowest BCUT2D eigenvalue weighted by Crippen LogP contribution is -2.54. The van der Waals surface area contributed by atoms with Gasteiger partial charge in [0, 0.05) is 5.56 Å². The number of carbonyl (C=O) groups excluding carboxylic acids is 2. The molecule has 0 bridgehead atoms. The molecule has 2 aromatic rings. The van der Waals surface area contributed by atoms with Crippen LogP contribution in [0, 0.1) is 6.92 Å². The first-order valence-corrected chi connectivity index (χ1v) is 10.9. The molecule has 0 atom stereocenters. The van der Waals surface area contributed by atoms with Gasteiger partial charge in [-0.05, 0) is 51.7 Å². The van der Waals surface area contributed by atoms with Crippen molar-refractivity contribution in [2.24, 2.45) is 0 Å². The molecule has 30 heavy (non-hydrogen) atoms. The molecular formula is C25H33N2O3+. The molecule has 1 saturated heterocycles. The quantitative estimate of drug-likeness (QED) is 0.533. The van der Waals surface area contributed by atoms with Crippen molar-refractivity contribution in [3.8, 4) is 0 Å². The smallest absolute Gasteiger partial charge is 0.340 e. The van der Waals surface area contributed by atoms with Gasteiger partial charge in [-0.2, -0.15) is 0 Å². The summed E-state index contributed by atoms with van der Waals surface area (Å²) in [7, 11) is 0. The van der Waals surface area contributed by atoms with Crippen LogP contribution in [0.4, 0.5) is 5.69 Å². The van der Waals surface area contributed by atoms with Gasteiger partial charge < -0.3 is 14.5 Å². The zero-order chi connectivity index (χ0) is 21.6. The minimum Gasteiger partial charge on any atom is -0.459 e. The Balaban J connectivity index is 1.78. The van der Waals surface area contributed by atoms with Gasteiger partial charge in [0.25, 0.3) is 5.91 Å². The Morgan fingerprint density at radius 3 is 2.37 bits per heavy atom. The molecule has 3 rings (SSSR count). The lowest BCUT2D eigenvalue weighted by Gasteiger charge is -2.41. The standard InChI is InChI=1S/C25H32N2O3/c1-19(2)30-25(29)22-14-10-11-20(3)24(22)26-23(28)18-27(15-8-5-9-16-27)17-21-12-6-4-7-13-21/h4,6-7,10-14,19H,5,8-9,15-18H2,1-3H3/p+1. The largest absolute Gasteiger partial charge is 0.459 e. The van der Waals surface area contributed by atoms with Gasteiger partial charge in [0.1, 0.15) is 6.54 Å². The van der Waals surface area contributed by atoms with Crippen molar-refractivity contribution in [2.75, 3.05) is 25.0 Å². The predicted molar refractivity (Wildman–Crippen MR) is 119 cm³/mol. The lowest BCUT2D eigenvalue weighted by molar-refractivity contribution is -0.937. The highest BCUT2D eigenvalue weighted by atomic mass is 16.5. The Kier molecular flexibility index (Phi) is 7.27. The summed E-state index contributed by atoms with van der Waals surface area (Å²) < 4.78 is 6.13. The van der Waals surface area contributed by atoms with Crippen LogP contribution in [0.3, 0.4) is 0 Å². The Bertz CT molecular complexity index is 871. The summed E-state index contributed by atoms with van der Waals surface area (Å²) in [5, 5.41) is 3.04. The molecule has 1 aliphatic rings. The van der Waals surface area contributed by atoms with Crippen molar-refractivity contribution in [3.63, 3.8) is 0 Å². The zero-order valence-electron chi connectivity index (χ0n) is 18.3. The van der Waals surface area contributed by atoms with Crippen LogP contribution in [0.2, 0.25) is 0 Å². The number of rotatable bonds is 7. The number of benzene rings is 2. The normalized spacial score (nSPS) is 15.6. The van der Waals surface area contributed by atoms with Crippen LogP contribution in [0.1, 0.15) is 54.6 Å². The number of hydrogen-bond donors (Lipinski definition) is 1. The van der Waals surface area contributed by atoms with E-state index in [0.717, 1.165) is 42.5 Å². The summed E-state index contributed by atoms with van der Waals surface area (Å²) in [5.74, 6) is -0.462. The number of ether oxygens (including phenoxy) is 1. The third-order valence-corrected chi connectivity index (χ3v) is 5.70. The molecule has 2 aromatic carbocycles. The lowest BCUT2D eigenvalue weighted by atomic mass is 10.0. The summed E-state index contributed by atoms with van der Waals surface area (Å²) in [4.78, 5) is 25.7. The monoisotopic (exact) mass is 409 g/mol. The van der Waals surface area contributed by atoms with E-state index in [1.807, 2.05) is 39.0 Å². The van der Waals surface area contributed by atoms with E-state index in [0.29, 0.717) is 17.8 Å². The second-order valence-electron chi connectivity index (χ2n) is 8.65. The summed E-state index contributed by atoms with van der Waals surface area (Å²) in [6.45, 7) is 8.79. The van der Waals surface area contributed by atoms with Crippen molar-refractivity contribution in [2.45, 2.75) is 52.7 Å². The maximum absolute atomic E-state index is 13.1. The fraction of sp³-hybridized carbons (Fsp3) is 0.440. The van der Waals surface area contributed by atoms with E-state index in [9.17, 15) is 9.59 Å². The predicted octanol–water partition coefficient (Wildman–Crippen LogP) is 4.70. The van der Waals surface area contributed by atoms with Crippen LogP contribution in [0.15, 0.2) is 48.5 Å². The molecule has 1 aliphatic heterocycles. The minimum atomic E-state index is -0.407. The molecule has 1 fully saturated rings. The van der Waals surface area contributed by atoms with Crippen LogP contribution in [0.5, 0.6) is 0 Å². The number of aryl methyl sites for hydroxylation is 1. The van der Waals surface area contributed by atoms with E-state index < -0.39 is 5.97 Å². The van der Waals surface area contributed by atoms with Crippen LogP contribution >= 0.6 is 0 Å². The average molecular weight is 410 g/mol. The fourth-order valence-corrected chi connectivity index (χ4v) is 4.29. The van der Waals surface area contributed by atoms with Crippen molar-refractivity contribution in [3.05, 3.63) is 65.2 Å². The van der Waals surface area contributed by atoms with Crippen molar-refractivity contribution in [1.82, 2.24) is 0 Å². The third kappa shape index (κ3) is 5.70. The number of hydrogen-bond acceptors (Lipinski definition) is 3. The maximum atomic E-state index is 13.1. The molecule has 0 radical (unpaired) electrons. The van der Waals surface area contributed by atoms with Crippen LogP contribution < -0.4 is 5.32 Å². The van der Waals surface area contributed by atoms with E-state index in [1.165, 1.54) is 12.0 Å². The topological polar surface area (TPSA) is 55.4 Å². The van der Waals surface area contributed by atoms with E-state index in [1.54, 1.807) is 6.07 Å². The number of piperidine rings is 1. The molecule has 0 unspecified atom stereocenters. The zero-order valence-corrected chi connectivity index (χ0v) is 18.3. The number of para-hydroxylation sites is 1. The number of carbonyl (C=O) groups is 2. The van der Waals surface area contributed by atoms with Crippen molar-refractivity contribution >= 4 is 17.6 Å². The summed E-state index contributed by atoms with van der Waals surface area (Å²) >= 11 is 0. The van der Waals surface area contributed by atoms with Gasteiger partial charge in [0.2, 0.25) is 0 Å². The molecule has 5 heteroatoms. The number of amides is 1. The second-order valence-corrected chi connectivity index (χ2v) is 8.65. The molecule has 5 nitrogen and oxygen atoms in total. The molecule has 0 aliphatic carbocycles. The van der Waals surface area contributed by atoms with Crippen LogP contribution in [0.25, 0.3) is 0 Å². The number of esters is 1. The summed E-state index contributed by atoms with van der Waals surface area (Å²) in [6.07, 6.45) is 3.28. The fourth-order valence-electron chi connectivity index (χ4n) is 4.29. The van der Waals surface area contributed by atoms with Crippen molar-refractivity contribution < 1.29 is 18.8 Å². The Labute approximate surface area is 179 Å². The number of nitrogens with one attached hydrogen (secondary N) is 1. The van der Waals surface area contributed by atoms with E-state index in [2.05, 4.69) is 29.6 Å². The Morgan fingerprint density at radius 2 is 1.70 bits per heavy atom. The molecule has 1 amide bonds. The van der Waals surface area contributed by atoms with Gasteiger partial charge in [-0.15, -0.1) is 0 Å². The highest BCUT2D eigenvalue weighted by molar-refractivity contribution is 6.02. The summed E-state index contributed by atoms with van der Waals surface area (Å²) in [6, 6.07) is 15.8. The van der Waals surface area contributed by atoms with E-state index in [4.69, 9.17) is 4.74 Å². The Morgan fingerprint density at radius 1 is 1.00 bits per heavy atom. The molecule has 1 N–H and O–H groups in total. The SMILES string of the molecule is Cc1cccc(C(=O)OC(C)C)c1NC(=O)C[N+]1(Cc2ccccc2)CCCCC1. The van der Waals surface area contributed by atoms with Gasteiger partial charge in [0.15, 0.2) is 6.54 Å². The van der Waals surface area contributed by atoms with Gasteiger partial charge in [0.05, 0.1) is 30.4 Å². The maximum Gasteiger partial charge on any atom is 0.340 e. The van der Waals surface area contributed by atoms with Gasteiger partial charge in [-0.3, -0.25) is 4.79 Å². The number of likely N-dealkylation sites (tertiary alicyclic amines) is 1. The first-order valence-electron chi connectivity index (χ1n) is 10.9. The van der Waals surface area contributed by atoms with E-state index in [-0.39, 0.29) is 12.0 Å². The molecular weight excluding hydrogens is 376 g/mol. The third-order valence-electron chi connectivity index (χ3n) is 5.70. The second kappa shape index (κ2) is 9.90. The van der Waals surface area contributed by atoms with Crippen molar-refractivity contribution in [1.29, 1.82) is 0 Å². The van der Waals surface area contributed by atoms with Gasteiger partial charge >= 0.3 is 5.97 Å². The highest BCUT2D eigenvalue weighted by Gasteiger charge is 2.33. The number of quaternary nitrogens is 1. The minimum absolute atomic E-state index is 0.0549. The average Bonchev–Trinajstić information content (AvgIpc) is 2.70. The van der Waals surface area contributed by atoms with Gasteiger partial charge in [-0.25, -0.2) is 4.79 Å². The van der Waals surface area contributed by atoms with Gasteiger partial charge in [-0.1, -0.05) is 42.5 Å². The molecule has 1 heterocycles. The van der Waals surface area contributed by atoms with Crippen LogP contribution in [-0.4, -0.2) is 42.1 Å². The first kappa shape index (κ1) is 22.0. The summed E-state index contributed by atoms with van der Waals surface area (Å²) in [5.41, 5.74) is 3.08. The molecule has 0 spiro atoms. The van der Waals surface area contributed by atoms with Crippen LogP contribution in [-0.2, 0) is 16.1 Å². The first-order chi connectivity index (χ1) is 14.4. The highest BCUT2D eigenvalue weighted by Crippen LogP contribution is 2.25. The molecule has 0 aromatic heterocycles. The Hall–Kier alpha value is -2.66. The molecule has 160 valence electrons. The van der Waals surface area contributed by atoms with E-state index >= 15 is 0 Å². The number of nitrogens with zero attached hydrogens (tertiary/aromatic N) is 1. The number of anilines is 1. The molecule has 0 saturated carbocycles.